The Balaban J connectivity index is 2.05. The van der Waals surface area contributed by atoms with Gasteiger partial charge < -0.3 is 15.0 Å². The van der Waals surface area contributed by atoms with Crippen molar-refractivity contribution in [2.45, 2.75) is 65.5 Å². The fourth-order valence-corrected chi connectivity index (χ4v) is 3.61. The Kier molecular flexibility index (Phi) is 8.70. The smallest absolute Gasteiger partial charge is 0.221 e. The van der Waals surface area contributed by atoms with Crippen LogP contribution in [0, 0.1) is 0 Å². The Hall–Kier alpha value is -2.15. The molecule has 0 unspecified atom stereocenters. The molecule has 1 aromatic heterocycles. The second-order valence-electron chi connectivity index (χ2n) is 7.10. The van der Waals surface area contributed by atoms with Crippen molar-refractivity contribution in [3.63, 3.8) is 0 Å². The number of carbonyl (C=O) groups is 1. The van der Waals surface area contributed by atoms with Gasteiger partial charge in [-0.05, 0) is 44.4 Å². The molecule has 154 valence electrons. The van der Waals surface area contributed by atoms with Crippen molar-refractivity contribution in [3.05, 3.63) is 35.7 Å². The van der Waals surface area contributed by atoms with E-state index in [1.165, 1.54) is 11.5 Å². The van der Waals surface area contributed by atoms with Gasteiger partial charge in [-0.1, -0.05) is 26.0 Å². The van der Waals surface area contributed by atoms with Gasteiger partial charge in [-0.2, -0.15) is 4.37 Å². The van der Waals surface area contributed by atoms with Crippen LogP contribution in [0.3, 0.4) is 0 Å². The monoisotopic (exact) mass is 404 g/mol. The van der Waals surface area contributed by atoms with Crippen LogP contribution < -0.4 is 15.0 Å². The molecule has 0 saturated carbocycles. The molecule has 1 aromatic carbocycles. The average Bonchev–Trinajstić information content (AvgIpc) is 3.15. The zero-order valence-electron chi connectivity index (χ0n) is 17.6. The topological polar surface area (TPSA) is 67.4 Å². The maximum atomic E-state index is 12.2. The van der Waals surface area contributed by atoms with Crippen molar-refractivity contribution in [2.24, 2.45) is 0 Å². The maximum Gasteiger partial charge on any atom is 0.221 e. The van der Waals surface area contributed by atoms with Crippen LogP contribution in [-0.4, -0.2) is 41.0 Å². The average molecular weight is 405 g/mol. The minimum Gasteiger partial charge on any atom is -0.497 e. The van der Waals surface area contributed by atoms with E-state index in [0.717, 1.165) is 35.1 Å². The third kappa shape index (κ3) is 6.48. The number of anilines is 1. The lowest BCUT2D eigenvalue weighted by atomic mass is 10.1. The molecular weight excluding hydrogens is 372 g/mol. The lowest BCUT2D eigenvalue weighted by molar-refractivity contribution is -0.121. The number of benzene rings is 1. The zero-order chi connectivity index (χ0) is 20.5. The fraction of sp³-hybridized carbons (Fsp3) is 0.571. The highest BCUT2D eigenvalue weighted by Crippen LogP contribution is 2.23. The van der Waals surface area contributed by atoms with E-state index in [4.69, 9.17) is 9.72 Å². The third-order valence-electron chi connectivity index (χ3n) is 4.92. The molecule has 0 bridgehead atoms. The van der Waals surface area contributed by atoms with Gasteiger partial charge in [0.15, 0.2) is 0 Å². The number of methoxy groups -OCH3 is 1. The van der Waals surface area contributed by atoms with Gasteiger partial charge in [-0.15, -0.1) is 0 Å². The predicted molar refractivity (Wildman–Crippen MR) is 115 cm³/mol. The van der Waals surface area contributed by atoms with Crippen LogP contribution >= 0.6 is 11.5 Å². The summed E-state index contributed by atoms with van der Waals surface area (Å²) in [5, 5.41) is 3.91. The summed E-state index contributed by atoms with van der Waals surface area (Å²) in [4.78, 5) is 19.1. The number of rotatable bonds is 11. The Labute approximate surface area is 172 Å². The van der Waals surface area contributed by atoms with Crippen molar-refractivity contribution < 1.29 is 9.53 Å². The summed E-state index contributed by atoms with van der Waals surface area (Å²) in [7, 11) is 1.67. The van der Waals surface area contributed by atoms with E-state index < -0.39 is 0 Å². The van der Waals surface area contributed by atoms with Crippen molar-refractivity contribution in [2.75, 3.05) is 18.6 Å². The van der Waals surface area contributed by atoms with Gasteiger partial charge in [0.1, 0.15) is 11.6 Å². The summed E-state index contributed by atoms with van der Waals surface area (Å²) < 4.78 is 9.83. The molecule has 0 aliphatic carbocycles. The van der Waals surface area contributed by atoms with Crippen LogP contribution in [0.4, 0.5) is 5.13 Å². The van der Waals surface area contributed by atoms with Gasteiger partial charge in [-0.3, -0.25) is 4.79 Å². The largest absolute Gasteiger partial charge is 0.497 e. The Morgan fingerprint density at radius 2 is 2.07 bits per heavy atom. The summed E-state index contributed by atoms with van der Waals surface area (Å²) in [6.45, 7) is 9.05. The number of aromatic nitrogens is 2. The van der Waals surface area contributed by atoms with Gasteiger partial charge in [0.05, 0.1) is 7.11 Å². The van der Waals surface area contributed by atoms with Crippen LogP contribution in [0.15, 0.2) is 24.3 Å². The molecule has 2 rings (SSSR count). The second kappa shape index (κ2) is 11.0. The highest BCUT2D eigenvalue weighted by Gasteiger charge is 2.19. The van der Waals surface area contributed by atoms with Crippen molar-refractivity contribution in [3.8, 4) is 5.75 Å². The Morgan fingerprint density at radius 1 is 1.29 bits per heavy atom. The van der Waals surface area contributed by atoms with Gasteiger partial charge in [-0.25, -0.2) is 4.98 Å². The van der Waals surface area contributed by atoms with E-state index in [1.54, 1.807) is 7.11 Å². The summed E-state index contributed by atoms with van der Waals surface area (Å²) in [5.41, 5.74) is 1.12. The van der Waals surface area contributed by atoms with Crippen LogP contribution in [0.1, 0.15) is 58.3 Å². The first-order valence-corrected chi connectivity index (χ1v) is 10.8. The number of nitrogens with zero attached hydrogens (tertiary/aromatic N) is 3. The van der Waals surface area contributed by atoms with E-state index in [-0.39, 0.29) is 11.9 Å². The number of nitrogens with one attached hydrogen (secondary N) is 1. The molecule has 6 nitrogen and oxygen atoms in total. The molecular formula is C21H32N4O2S. The summed E-state index contributed by atoms with van der Waals surface area (Å²) in [6.07, 6.45) is 3.04. The van der Waals surface area contributed by atoms with E-state index in [0.29, 0.717) is 25.4 Å². The molecule has 7 heteroatoms. The fourth-order valence-electron chi connectivity index (χ4n) is 2.79. The van der Waals surface area contributed by atoms with E-state index >= 15 is 0 Å². The van der Waals surface area contributed by atoms with Gasteiger partial charge in [0.2, 0.25) is 11.0 Å². The lowest BCUT2D eigenvalue weighted by Crippen LogP contribution is -2.38. The quantitative estimate of drug-likeness (QED) is 0.612. The SMILES string of the molecule is CC[C@@H](C)NC(=O)CCN(c1nc(Cc2cccc(OC)c2)ns1)[C@H](C)CC. The third-order valence-corrected chi connectivity index (χ3v) is 5.71. The molecule has 1 amide bonds. The van der Waals surface area contributed by atoms with Gasteiger partial charge >= 0.3 is 0 Å². The van der Waals surface area contributed by atoms with Crippen molar-refractivity contribution in [1.29, 1.82) is 0 Å². The van der Waals surface area contributed by atoms with E-state index in [2.05, 4.69) is 41.4 Å². The highest BCUT2D eigenvalue weighted by molar-refractivity contribution is 7.09. The molecule has 0 aliphatic rings. The minimum atomic E-state index is 0.0868. The van der Waals surface area contributed by atoms with Crippen LogP contribution in [0.2, 0.25) is 0 Å². The number of hydrogen-bond acceptors (Lipinski definition) is 6. The number of hydrogen-bond donors (Lipinski definition) is 1. The molecule has 0 spiro atoms. The van der Waals surface area contributed by atoms with Crippen molar-refractivity contribution in [1.82, 2.24) is 14.7 Å². The van der Waals surface area contributed by atoms with Gasteiger partial charge in [0, 0.05) is 43.0 Å². The normalized spacial score (nSPS) is 13.0. The highest BCUT2D eigenvalue weighted by atomic mass is 32.1. The summed E-state index contributed by atoms with van der Waals surface area (Å²) in [5.74, 6) is 1.72. The van der Waals surface area contributed by atoms with Crippen molar-refractivity contribution >= 4 is 22.6 Å². The van der Waals surface area contributed by atoms with E-state index in [9.17, 15) is 4.79 Å². The first kappa shape index (κ1) is 22.1. The van der Waals surface area contributed by atoms with Gasteiger partial charge in [0.25, 0.3) is 0 Å². The molecule has 0 fully saturated rings. The molecule has 1 N–H and O–H groups in total. The van der Waals surface area contributed by atoms with Crippen LogP contribution in [0.5, 0.6) is 5.75 Å². The number of amides is 1. The Morgan fingerprint density at radius 3 is 2.75 bits per heavy atom. The standard InChI is InChI=1S/C21H32N4O2S/c1-6-15(3)22-20(26)11-12-25(16(4)7-2)21-23-19(24-28-21)14-17-9-8-10-18(13-17)27-5/h8-10,13,15-16H,6-7,11-12,14H2,1-5H3,(H,22,26)/t15-,16-/m1/s1. The molecule has 2 aromatic rings. The molecule has 2 atom stereocenters. The second-order valence-corrected chi connectivity index (χ2v) is 7.83. The molecule has 1 heterocycles. The molecule has 0 radical (unpaired) electrons. The predicted octanol–water partition coefficient (Wildman–Crippen LogP) is 4.05. The van der Waals surface area contributed by atoms with Crippen LogP contribution in [-0.2, 0) is 11.2 Å². The maximum absolute atomic E-state index is 12.2. The van der Waals surface area contributed by atoms with Crippen LogP contribution in [0.25, 0.3) is 0 Å². The Bertz CT molecular complexity index is 750. The zero-order valence-corrected chi connectivity index (χ0v) is 18.4. The minimum absolute atomic E-state index is 0.0868. The van der Waals surface area contributed by atoms with E-state index in [1.807, 2.05) is 25.1 Å². The first-order chi connectivity index (χ1) is 13.5. The first-order valence-electron chi connectivity index (χ1n) is 9.98. The summed E-state index contributed by atoms with van der Waals surface area (Å²) >= 11 is 1.40. The number of ether oxygens (including phenoxy) is 1. The molecule has 0 saturated heterocycles. The summed E-state index contributed by atoms with van der Waals surface area (Å²) in [6, 6.07) is 8.47. The lowest BCUT2D eigenvalue weighted by Gasteiger charge is -2.27. The number of carbonyl (C=O) groups excluding carboxylic acids is 1. The molecule has 0 aliphatic heterocycles. The molecule has 28 heavy (non-hydrogen) atoms.